The van der Waals surface area contributed by atoms with E-state index in [0.717, 1.165) is 0 Å². The van der Waals surface area contributed by atoms with Gasteiger partial charge in [0.25, 0.3) is 0 Å². The molecule has 0 rings (SSSR count). The molecule has 0 bridgehead atoms. The van der Waals surface area contributed by atoms with Gasteiger partial charge in [-0.25, -0.2) is 4.39 Å². The molecule has 8 heteroatoms. The molecule has 106 valence electrons. The summed E-state index contributed by atoms with van der Waals surface area (Å²) in [6.45, 7) is 3.09. The van der Waals surface area contributed by atoms with Crippen LogP contribution in [0, 0.1) is 0 Å². The number of halogens is 1. The van der Waals surface area contributed by atoms with Crippen LogP contribution in [0.15, 0.2) is 5.11 Å². The quantitative estimate of drug-likeness (QED) is 0.205. The fraction of sp³-hybridized carbons (Fsp3) is 1.00. The fourth-order valence-corrected chi connectivity index (χ4v) is 0.966. The summed E-state index contributed by atoms with van der Waals surface area (Å²) in [4.78, 5) is 2.60. The van der Waals surface area contributed by atoms with E-state index in [4.69, 9.17) is 24.5 Å². The van der Waals surface area contributed by atoms with Crippen molar-refractivity contribution < 1.29 is 23.3 Å². The van der Waals surface area contributed by atoms with Crippen LogP contribution in [0.5, 0.6) is 0 Å². The summed E-state index contributed by atoms with van der Waals surface area (Å²) in [6.07, 6.45) is 0. The van der Waals surface area contributed by atoms with Crippen LogP contribution in [0.25, 0.3) is 10.4 Å². The van der Waals surface area contributed by atoms with Crippen molar-refractivity contribution in [3.63, 3.8) is 0 Å². The minimum Gasteiger partial charge on any atom is -0.379 e. The summed E-state index contributed by atoms with van der Waals surface area (Å²) in [7, 11) is 0. The first kappa shape index (κ1) is 17.1. The van der Waals surface area contributed by atoms with Crippen LogP contribution in [0.4, 0.5) is 4.39 Å². The molecule has 0 saturated carbocycles. The highest BCUT2D eigenvalue weighted by Crippen LogP contribution is 1.83. The summed E-state index contributed by atoms with van der Waals surface area (Å²) in [5.74, 6) is 0. The van der Waals surface area contributed by atoms with E-state index in [9.17, 15) is 4.39 Å². The Morgan fingerprint density at radius 2 is 1.22 bits per heavy atom. The average Bonchev–Trinajstić information content (AvgIpc) is 2.39. The Morgan fingerprint density at radius 3 is 1.67 bits per heavy atom. The minimum atomic E-state index is -0.469. The molecule has 0 radical (unpaired) electrons. The van der Waals surface area contributed by atoms with Gasteiger partial charge in [0.1, 0.15) is 6.67 Å². The number of ether oxygens (including phenoxy) is 4. The Balaban J connectivity index is 2.92. The molecule has 0 aliphatic rings. The van der Waals surface area contributed by atoms with Crippen LogP contribution in [0.2, 0.25) is 0 Å². The normalized spacial score (nSPS) is 10.3. The lowest BCUT2D eigenvalue weighted by atomic mass is 10.7. The predicted molar refractivity (Wildman–Crippen MR) is 63.3 cm³/mol. The molecule has 0 fully saturated rings. The highest BCUT2D eigenvalue weighted by molar-refractivity contribution is 4.44. The largest absolute Gasteiger partial charge is 0.379 e. The van der Waals surface area contributed by atoms with E-state index in [2.05, 4.69) is 10.0 Å². The van der Waals surface area contributed by atoms with E-state index >= 15 is 0 Å². The van der Waals surface area contributed by atoms with Gasteiger partial charge in [-0.3, -0.25) is 0 Å². The molecule has 7 nitrogen and oxygen atoms in total. The number of alkyl halides is 1. The third-order valence-electron chi connectivity index (χ3n) is 1.74. The second-order valence-electron chi connectivity index (χ2n) is 3.09. The molecule has 0 aliphatic carbocycles. The maximum absolute atomic E-state index is 11.6. The van der Waals surface area contributed by atoms with E-state index < -0.39 is 6.67 Å². The molecule has 0 unspecified atom stereocenters. The number of hydrogen-bond acceptors (Lipinski definition) is 5. The van der Waals surface area contributed by atoms with Gasteiger partial charge in [-0.1, -0.05) is 5.11 Å². The van der Waals surface area contributed by atoms with Gasteiger partial charge >= 0.3 is 0 Å². The third-order valence-corrected chi connectivity index (χ3v) is 1.74. The van der Waals surface area contributed by atoms with E-state index in [1.54, 1.807) is 0 Å². The first-order chi connectivity index (χ1) is 8.91. The van der Waals surface area contributed by atoms with E-state index in [0.29, 0.717) is 52.8 Å². The van der Waals surface area contributed by atoms with Crippen LogP contribution >= 0.6 is 0 Å². The SMILES string of the molecule is [N-]=[N+]=NCCOCCOCCOCCOCC[18F]. The van der Waals surface area contributed by atoms with Gasteiger partial charge in [0, 0.05) is 11.5 Å². The number of azide groups is 1. The van der Waals surface area contributed by atoms with Crippen molar-refractivity contribution >= 4 is 0 Å². The van der Waals surface area contributed by atoms with Gasteiger partial charge in [0.2, 0.25) is 0 Å². The van der Waals surface area contributed by atoms with Crippen LogP contribution in [-0.2, 0) is 18.9 Å². The molecule has 18 heavy (non-hydrogen) atoms. The molecular weight excluding hydrogens is 244 g/mol. The second-order valence-corrected chi connectivity index (χ2v) is 3.09. The zero-order chi connectivity index (χ0) is 13.3. The van der Waals surface area contributed by atoms with Gasteiger partial charge in [-0.15, -0.1) is 0 Å². The van der Waals surface area contributed by atoms with Crippen molar-refractivity contribution in [2.45, 2.75) is 0 Å². The lowest BCUT2D eigenvalue weighted by Gasteiger charge is -2.06. The number of rotatable bonds is 14. The van der Waals surface area contributed by atoms with Gasteiger partial charge in [0.15, 0.2) is 0 Å². The summed E-state index contributed by atoms with van der Waals surface area (Å²) >= 11 is 0. The molecule has 0 N–H and O–H groups in total. The molecule has 0 spiro atoms. The molecule has 0 aromatic rings. The van der Waals surface area contributed by atoms with Crippen LogP contribution in [0.3, 0.4) is 0 Å². The van der Waals surface area contributed by atoms with Gasteiger partial charge in [-0.2, -0.15) is 0 Å². The summed E-state index contributed by atoms with van der Waals surface area (Å²) < 4.78 is 32.0. The Morgan fingerprint density at radius 1 is 0.778 bits per heavy atom. The molecule has 0 aliphatic heterocycles. The van der Waals surface area contributed by atoms with Gasteiger partial charge in [0.05, 0.1) is 52.9 Å². The molecule has 0 aromatic carbocycles. The van der Waals surface area contributed by atoms with Crippen molar-refractivity contribution in [2.24, 2.45) is 5.11 Å². The van der Waals surface area contributed by atoms with Crippen LogP contribution in [-0.4, -0.2) is 66.1 Å². The van der Waals surface area contributed by atoms with Gasteiger partial charge in [-0.05, 0) is 5.53 Å². The zero-order valence-electron chi connectivity index (χ0n) is 10.4. The summed E-state index contributed by atoms with van der Waals surface area (Å²) in [5.41, 5.74) is 7.99. The zero-order valence-corrected chi connectivity index (χ0v) is 10.4. The Bertz CT molecular complexity index is 215. The molecule has 0 heterocycles. The predicted octanol–water partition coefficient (Wildman–Crippen LogP) is 1.33. The lowest BCUT2D eigenvalue weighted by Crippen LogP contribution is -2.12. The molecule has 0 aromatic heterocycles. The van der Waals surface area contributed by atoms with Crippen molar-refractivity contribution in [1.82, 2.24) is 0 Å². The maximum atomic E-state index is 11.6. The first-order valence-electron chi connectivity index (χ1n) is 5.79. The number of nitrogens with zero attached hydrogens (tertiary/aromatic N) is 3. The lowest BCUT2D eigenvalue weighted by molar-refractivity contribution is -0.00218. The minimum absolute atomic E-state index is 0.118. The Kier molecular flexibility index (Phi) is 15.3. The Labute approximate surface area is 106 Å². The average molecular weight is 264 g/mol. The number of hydrogen-bond donors (Lipinski definition) is 0. The molecule has 0 amide bonds. The second kappa shape index (κ2) is 16.1. The van der Waals surface area contributed by atoms with Crippen molar-refractivity contribution in [1.29, 1.82) is 0 Å². The monoisotopic (exact) mass is 264 g/mol. The van der Waals surface area contributed by atoms with E-state index in [-0.39, 0.29) is 6.61 Å². The Hall–Kier alpha value is -0.920. The molecule has 0 saturated heterocycles. The van der Waals surface area contributed by atoms with Crippen molar-refractivity contribution in [3.05, 3.63) is 10.4 Å². The smallest absolute Gasteiger partial charge is 0.113 e. The van der Waals surface area contributed by atoms with Crippen LogP contribution < -0.4 is 0 Å². The highest BCUT2D eigenvalue weighted by Gasteiger charge is 1.92. The van der Waals surface area contributed by atoms with Crippen molar-refractivity contribution in [2.75, 3.05) is 66.1 Å². The summed E-state index contributed by atoms with van der Waals surface area (Å²) in [6, 6.07) is 0. The first-order valence-corrected chi connectivity index (χ1v) is 5.79. The molecule has 0 atom stereocenters. The van der Waals surface area contributed by atoms with Gasteiger partial charge < -0.3 is 18.9 Å². The topological polar surface area (TPSA) is 85.7 Å². The fourth-order valence-electron chi connectivity index (χ4n) is 0.966. The third kappa shape index (κ3) is 15.1. The van der Waals surface area contributed by atoms with Crippen LogP contribution in [0.1, 0.15) is 0 Å². The summed E-state index contributed by atoms with van der Waals surface area (Å²) in [5, 5.41) is 3.32. The highest BCUT2D eigenvalue weighted by atomic mass is 18.2. The maximum Gasteiger partial charge on any atom is 0.113 e. The van der Waals surface area contributed by atoms with E-state index in [1.165, 1.54) is 0 Å². The van der Waals surface area contributed by atoms with E-state index in [1.807, 2.05) is 0 Å². The molecular formula is C10H20FN3O4. The van der Waals surface area contributed by atoms with Crippen molar-refractivity contribution in [3.8, 4) is 0 Å². The standard InChI is InChI=1S/C10H20FN3O4/c11-1-3-15-5-7-17-9-10-18-8-6-16-4-2-13-14-12/h1-10H2/i11-1.